The van der Waals surface area contributed by atoms with E-state index in [-0.39, 0.29) is 5.82 Å². The summed E-state index contributed by atoms with van der Waals surface area (Å²) in [4.78, 5) is 0. The fourth-order valence-corrected chi connectivity index (χ4v) is 1.93. The maximum atomic E-state index is 13.4. The van der Waals surface area contributed by atoms with Crippen molar-refractivity contribution < 1.29 is 9.50 Å². The predicted molar refractivity (Wildman–Crippen MR) is 76.0 cm³/mol. The van der Waals surface area contributed by atoms with E-state index in [1.165, 1.54) is 6.07 Å². The van der Waals surface area contributed by atoms with Crippen LogP contribution in [0.5, 0.6) is 0 Å². The number of benzene rings is 2. The Balaban J connectivity index is 2.02. The molecule has 19 heavy (non-hydrogen) atoms. The summed E-state index contributed by atoms with van der Waals surface area (Å²) in [6, 6.07) is 11.8. The van der Waals surface area contributed by atoms with Crippen molar-refractivity contribution in [1.29, 1.82) is 0 Å². The van der Waals surface area contributed by atoms with Gasteiger partial charge in [0.05, 0.1) is 6.10 Å². The molecule has 100 valence electrons. The van der Waals surface area contributed by atoms with Gasteiger partial charge < -0.3 is 10.4 Å². The van der Waals surface area contributed by atoms with Crippen molar-refractivity contribution in [2.24, 2.45) is 0 Å². The molecule has 1 unspecified atom stereocenters. The number of aliphatic hydroxyl groups excluding tert-OH is 1. The van der Waals surface area contributed by atoms with Crippen molar-refractivity contribution in [2.45, 2.75) is 13.0 Å². The zero-order valence-electron chi connectivity index (χ0n) is 10.5. The molecule has 0 aliphatic carbocycles. The lowest BCUT2D eigenvalue weighted by molar-refractivity contribution is 0.191. The molecule has 0 amide bonds. The van der Waals surface area contributed by atoms with Crippen molar-refractivity contribution in [3.63, 3.8) is 0 Å². The number of anilines is 1. The second kappa shape index (κ2) is 6.04. The second-order valence-electron chi connectivity index (χ2n) is 4.36. The van der Waals surface area contributed by atoms with Gasteiger partial charge in [-0.1, -0.05) is 29.8 Å². The largest absolute Gasteiger partial charge is 0.387 e. The molecule has 2 aromatic rings. The molecule has 0 aromatic heterocycles. The molecular formula is C15H15ClFNO. The Morgan fingerprint density at radius 1 is 1.21 bits per heavy atom. The first-order valence-electron chi connectivity index (χ1n) is 6.00. The van der Waals surface area contributed by atoms with E-state index in [2.05, 4.69) is 5.32 Å². The van der Waals surface area contributed by atoms with Gasteiger partial charge in [0.25, 0.3) is 0 Å². The predicted octanol–water partition coefficient (Wildman–Crippen LogP) is 3.93. The van der Waals surface area contributed by atoms with Crippen LogP contribution in [0.15, 0.2) is 42.5 Å². The summed E-state index contributed by atoms with van der Waals surface area (Å²) < 4.78 is 13.4. The normalized spacial score (nSPS) is 12.2. The van der Waals surface area contributed by atoms with Crippen molar-refractivity contribution in [1.82, 2.24) is 0 Å². The van der Waals surface area contributed by atoms with Gasteiger partial charge >= 0.3 is 0 Å². The summed E-state index contributed by atoms with van der Waals surface area (Å²) in [5.74, 6) is -0.258. The first-order chi connectivity index (χ1) is 9.08. The number of nitrogens with one attached hydrogen (secondary N) is 1. The third kappa shape index (κ3) is 3.46. The highest BCUT2D eigenvalue weighted by molar-refractivity contribution is 6.30. The smallest absolute Gasteiger partial charge is 0.128 e. The molecule has 0 saturated carbocycles. The number of halogens is 2. The number of hydrogen-bond donors (Lipinski definition) is 2. The van der Waals surface area contributed by atoms with Crippen LogP contribution >= 0.6 is 11.6 Å². The zero-order valence-corrected chi connectivity index (χ0v) is 11.3. The van der Waals surface area contributed by atoms with Crippen molar-refractivity contribution in [3.05, 3.63) is 64.4 Å². The van der Waals surface area contributed by atoms with Gasteiger partial charge in [-0.2, -0.15) is 0 Å². The molecule has 1 atom stereocenters. The van der Waals surface area contributed by atoms with Gasteiger partial charge in [0, 0.05) is 22.8 Å². The van der Waals surface area contributed by atoms with Gasteiger partial charge in [-0.3, -0.25) is 0 Å². The lowest BCUT2D eigenvalue weighted by Gasteiger charge is -2.15. The highest BCUT2D eigenvalue weighted by Crippen LogP contribution is 2.20. The van der Waals surface area contributed by atoms with E-state index < -0.39 is 6.10 Å². The maximum absolute atomic E-state index is 13.4. The first kappa shape index (κ1) is 13.8. The van der Waals surface area contributed by atoms with Crippen LogP contribution < -0.4 is 5.32 Å². The van der Waals surface area contributed by atoms with Gasteiger partial charge in [-0.25, -0.2) is 4.39 Å². The molecule has 0 saturated heterocycles. The fourth-order valence-electron chi connectivity index (χ4n) is 1.81. The lowest BCUT2D eigenvalue weighted by atomic mass is 10.1. The number of aliphatic hydroxyl groups is 1. The molecule has 2 N–H and O–H groups in total. The molecule has 0 radical (unpaired) electrons. The van der Waals surface area contributed by atoms with Crippen molar-refractivity contribution in [2.75, 3.05) is 11.9 Å². The van der Waals surface area contributed by atoms with Crippen molar-refractivity contribution >= 4 is 17.3 Å². The fraction of sp³-hybridized carbons (Fsp3) is 0.200. The third-order valence-electron chi connectivity index (χ3n) is 3.01. The van der Waals surface area contributed by atoms with E-state index in [9.17, 15) is 9.50 Å². The molecule has 0 spiro atoms. The van der Waals surface area contributed by atoms with Crippen LogP contribution in [0, 0.1) is 12.7 Å². The molecule has 2 aromatic carbocycles. The Kier molecular flexibility index (Phi) is 4.40. The van der Waals surface area contributed by atoms with Crippen LogP contribution in [0.1, 0.15) is 17.2 Å². The highest BCUT2D eigenvalue weighted by atomic mass is 35.5. The molecule has 0 fully saturated rings. The Morgan fingerprint density at radius 2 is 1.89 bits per heavy atom. The molecule has 2 nitrogen and oxygen atoms in total. The standard InChI is InChI=1S/C15H15ClFNO/c1-10-13(17)3-2-4-14(10)18-9-15(19)11-5-7-12(16)8-6-11/h2-8,15,18-19H,9H2,1H3. The zero-order chi connectivity index (χ0) is 13.8. The monoisotopic (exact) mass is 279 g/mol. The molecule has 2 rings (SSSR count). The van der Waals surface area contributed by atoms with Gasteiger partial charge in [0.2, 0.25) is 0 Å². The molecule has 0 bridgehead atoms. The van der Waals surface area contributed by atoms with Crippen LogP contribution in [0.4, 0.5) is 10.1 Å². The maximum Gasteiger partial charge on any atom is 0.128 e. The molecular weight excluding hydrogens is 265 g/mol. The van der Waals surface area contributed by atoms with E-state index in [0.717, 1.165) is 5.56 Å². The number of hydrogen-bond acceptors (Lipinski definition) is 2. The first-order valence-corrected chi connectivity index (χ1v) is 6.38. The van der Waals surface area contributed by atoms with Gasteiger partial charge in [0.15, 0.2) is 0 Å². The summed E-state index contributed by atoms with van der Waals surface area (Å²) in [6.07, 6.45) is -0.667. The summed E-state index contributed by atoms with van der Waals surface area (Å²) in [6.45, 7) is 2.01. The molecule has 0 aliphatic rings. The topological polar surface area (TPSA) is 32.3 Å². The Hall–Kier alpha value is -1.58. The van der Waals surface area contributed by atoms with Crippen LogP contribution in [-0.4, -0.2) is 11.7 Å². The number of rotatable bonds is 4. The minimum atomic E-state index is -0.667. The lowest BCUT2D eigenvalue weighted by Crippen LogP contribution is -2.13. The quantitative estimate of drug-likeness (QED) is 0.889. The second-order valence-corrected chi connectivity index (χ2v) is 4.80. The van der Waals surface area contributed by atoms with E-state index in [1.54, 1.807) is 43.3 Å². The van der Waals surface area contributed by atoms with Gasteiger partial charge in [-0.05, 0) is 36.8 Å². The Morgan fingerprint density at radius 3 is 2.58 bits per heavy atom. The van der Waals surface area contributed by atoms with E-state index in [4.69, 9.17) is 11.6 Å². The molecule has 0 aliphatic heterocycles. The highest BCUT2D eigenvalue weighted by Gasteiger charge is 2.09. The van der Waals surface area contributed by atoms with Crippen molar-refractivity contribution in [3.8, 4) is 0 Å². The van der Waals surface area contributed by atoms with Crippen LogP contribution in [0.3, 0.4) is 0 Å². The van der Waals surface area contributed by atoms with Crippen LogP contribution in [0.25, 0.3) is 0 Å². The minimum Gasteiger partial charge on any atom is -0.387 e. The van der Waals surface area contributed by atoms with E-state index in [0.29, 0.717) is 22.8 Å². The van der Waals surface area contributed by atoms with E-state index in [1.807, 2.05) is 0 Å². The SMILES string of the molecule is Cc1c(F)cccc1NCC(O)c1ccc(Cl)cc1. The Bertz CT molecular complexity index is 557. The summed E-state index contributed by atoms with van der Waals surface area (Å²) in [7, 11) is 0. The minimum absolute atomic E-state index is 0.258. The summed E-state index contributed by atoms with van der Waals surface area (Å²) in [5.41, 5.74) is 2.00. The molecule has 0 heterocycles. The summed E-state index contributed by atoms with van der Waals surface area (Å²) >= 11 is 5.79. The Labute approximate surface area is 116 Å². The van der Waals surface area contributed by atoms with Crippen LogP contribution in [0.2, 0.25) is 5.02 Å². The third-order valence-corrected chi connectivity index (χ3v) is 3.26. The average molecular weight is 280 g/mol. The van der Waals surface area contributed by atoms with Gasteiger partial charge in [0.1, 0.15) is 5.82 Å². The van der Waals surface area contributed by atoms with Crippen LogP contribution in [-0.2, 0) is 0 Å². The summed E-state index contributed by atoms with van der Waals surface area (Å²) in [5, 5.41) is 13.7. The van der Waals surface area contributed by atoms with E-state index >= 15 is 0 Å². The molecule has 4 heteroatoms. The average Bonchev–Trinajstić information content (AvgIpc) is 2.41. The van der Waals surface area contributed by atoms with Gasteiger partial charge in [-0.15, -0.1) is 0 Å².